The van der Waals surface area contributed by atoms with Gasteiger partial charge in [-0.15, -0.1) is 0 Å². The molecular formula is C18H24BF3N2O3. The molecule has 0 bridgehead atoms. The number of halogens is 3. The van der Waals surface area contributed by atoms with Gasteiger partial charge in [-0.25, -0.2) is 0 Å². The number of benzene rings is 1. The van der Waals surface area contributed by atoms with Crippen LogP contribution in [-0.4, -0.2) is 48.9 Å². The van der Waals surface area contributed by atoms with Crippen LogP contribution in [0.15, 0.2) is 24.3 Å². The number of alkyl halides is 3. The zero-order chi connectivity index (χ0) is 20.2. The third-order valence-electron chi connectivity index (χ3n) is 5.05. The summed E-state index contributed by atoms with van der Waals surface area (Å²) in [6.07, 6.45) is -1.72. The molecule has 1 heterocycles. The maximum atomic E-state index is 12.6. The maximum Gasteiger partial charge on any atom is 0.416 e. The molecule has 1 amide bonds. The summed E-state index contributed by atoms with van der Waals surface area (Å²) in [4.78, 5) is 25.5. The van der Waals surface area contributed by atoms with Gasteiger partial charge in [0.1, 0.15) is 7.85 Å². The summed E-state index contributed by atoms with van der Waals surface area (Å²) in [6, 6.07) is 3.63. The lowest BCUT2D eigenvalue weighted by Gasteiger charge is -2.21. The molecule has 1 aliphatic rings. The summed E-state index contributed by atoms with van der Waals surface area (Å²) in [5.41, 5.74) is 5.73. The third-order valence-corrected chi connectivity index (χ3v) is 5.05. The Morgan fingerprint density at radius 3 is 2.41 bits per heavy atom. The fourth-order valence-electron chi connectivity index (χ4n) is 3.50. The smallest absolute Gasteiger partial charge is 0.416 e. The zero-order valence-electron chi connectivity index (χ0n) is 15.2. The van der Waals surface area contributed by atoms with E-state index in [0.717, 1.165) is 31.3 Å². The minimum atomic E-state index is -4.41. The number of likely N-dealkylation sites (tertiary alicyclic amines) is 1. The molecule has 148 valence electrons. The number of hydrogen-bond acceptors (Lipinski definition) is 3. The molecule has 0 aromatic heterocycles. The van der Waals surface area contributed by atoms with Crippen LogP contribution in [0.3, 0.4) is 0 Å². The van der Waals surface area contributed by atoms with Gasteiger partial charge in [-0.05, 0) is 36.5 Å². The first-order valence-corrected chi connectivity index (χ1v) is 9.06. The number of amides is 1. The largest absolute Gasteiger partial charge is 0.481 e. The number of nitrogens with zero attached hydrogens (tertiary/aromatic N) is 1. The first-order valence-electron chi connectivity index (χ1n) is 9.06. The lowest BCUT2D eigenvalue weighted by atomic mass is 9.88. The maximum absolute atomic E-state index is 12.6. The van der Waals surface area contributed by atoms with Crippen LogP contribution < -0.4 is 5.73 Å². The minimum absolute atomic E-state index is 0.0929. The molecule has 3 atom stereocenters. The van der Waals surface area contributed by atoms with E-state index in [2.05, 4.69) is 0 Å². The quantitative estimate of drug-likeness (QED) is 0.699. The van der Waals surface area contributed by atoms with E-state index in [-0.39, 0.29) is 24.8 Å². The highest BCUT2D eigenvalue weighted by molar-refractivity contribution is 6.08. The number of hydrogen-bond donors (Lipinski definition) is 2. The number of carboxylic acids is 1. The molecule has 1 unspecified atom stereocenters. The number of rotatable bonds is 7. The number of aliphatic carboxylic acids is 1. The SMILES string of the molecule is BCCC[C@H]1CN(C(=O)C(N)Cc2ccc(C(F)(F)F)cc2)C[C@H]1C(=O)O. The predicted octanol–water partition coefficient (Wildman–Crippen LogP) is 1.57. The van der Waals surface area contributed by atoms with E-state index in [4.69, 9.17) is 5.73 Å². The standard InChI is InChI=1S/C18H24BF3N2O3/c19-7-1-2-12-9-24(10-14(12)17(26)27)16(25)15(23)8-11-3-5-13(6-4-11)18(20,21)22/h3-6,12,14-15H,1-2,7-10,19,23H2,(H,26,27)/t12-,14+,15?/m0/s1. The Labute approximate surface area is 157 Å². The minimum Gasteiger partial charge on any atom is -0.481 e. The van der Waals surface area contributed by atoms with Gasteiger partial charge in [0.25, 0.3) is 0 Å². The van der Waals surface area contributed by atoms with Crippen molar-refractivity contribution in [1.29, 1.82) is 0 Å². The Kier molecular flexibility index (Phi) is 6.92. The van der Waals surface area contributed by atoms with Crippen LogP contribution in [0.25, 0.3) is 0 Å². The Bertz CT molecular complexity index is 667. The molecule has 1 aliphatic heterocycles. The van der Waals surface area contributed by atoms with E-state index in [1.165, 1.54) is 17.0 Å². The van der Waals surface area contributed by atoms with Crippen LogP contribution in [0.1, 0.15) is 24.0 Å². The monoisotopic (exact) mass is 384 g/mol. The number of carbonyl (C=O) groups is 2. The van der Waals surface area contributed by atoms with Crippen molar-refractivity contribution in [2.24, 2.45) is 17.6 Å². The first-order chi connectivity index (χ1) is 12.6. The van der Waals surface area contributed by atoms with Crippen molar-refractivity contribution in [3.8, 4) is 0 Å². The van der Waals surface area contributed by atoms with Crippen LogP contribution in [0.2, 0.25) is 6.32 Å². The predicted molar refractivity (Wildman–Crippen MR) is 96.9 cm³/mol. The average Bonchev–Trinajstić information content (AvgIpc) is 3.03. The zero-order valence-corrected chi connectivity index (χ0v) is 15.2. The van der Waals surface area contributed by atoms with Crippen LogP contribution in [0, 0.1) is 11.8 Å². The molecule has 0 saturated carbocycles. The summed E-state index contributed by atoms with van der Waals surface area (Å²) in [6.45, 7) is 0.486. The van der Waals surface area contributed by atoms with Crippen molar-refractivity contribution in [3.63, 3.8) is 0 Å². The van der Waals surface area contributed by atoms with Crippen molar-refractivity contribution in [2.75, 3.05) is 13.1 Å². The molecule has 1 fully saturated rings. The van der Waals surface area contributed by atoms with Crippen molar-refractivity contribution < 1.29 is 27.9 Å². The molecule has 1 aromatic carbocycles. The lowest BCUT2D eigenvalue weighted by molar-refractivity contribution is -0.143. The van der Waals surface area contributed by atoms with Gasteiger partial charge >= 0.3 is 12.1 Å². The van der Waals surface area contributed by atoms with E-state index in [0.29, 0.717) is 12.1 Å². The average molecular weight is 384 g/mol. The molecule has 27 heavy (non-hydrogen) atoms. The Hall–Kier alpha value is -2.03. The topological polar surface area (TPSA) is 83.6 Å². The second kappa shape index (κ2) is 8.78. The normalized spacial score (nSPS) is 21.3. The van der Waals surface area contributed by atoms with Gasteiger partial charge in [-0.1, -0.05) is 24.9 Å². The summed E-state index contributed by atoms with van der Waals surface area (Å²) in [5.74, 6) is -1.97. The van der Waals surface area contributed by atoms with Gasteiger partial charge in [0.05, 0.1) is 17.5 Å². The Balaban J connectivity index is 1.99. The fourth-order valence-corrected chi connectivity index (χ4v) is 3.50. The summed E-state index contributed by atoms with van der Waals surface area (Å²) in [7, 11) is 2.02. The van der Waals surface area contributed by atoms with Crippen molar-refractivity contribution in [3.05, 3.63) is 35.4 Å². The van der Waals surface area contributed by atoms with Gasteiger partial charge in [-0.2, -0.15) is 13.2 Å². The lowest BCUT2D eigenvalue weighted by Crippen LogP contribution is -2.44. The Morgan fingerprint density at radius 1 is 1.26 bits per heavy atom. The second-order valence-electron chi connectivity index (χ2n) is 7.10. The molecule has 0 radical (unpaired) electrons. The number of carboxylic acid groups (broad SMARTS) is 1. The van der Waals surface area contributed by atoms with E-state index < -0.39 is 29.7 Å². The van der Waals surface area contributed by atoms with E-state index in [1.54, 1.807) is 0 Å². The Morgan fingerprint density at radius 2 is 1.89 bits per heavy atom. The highest BCUT2D eigenvalue weighted by Gasteiger charge is 2.40. The summed E-state index contributed by atoms with van der Waals surface area (Å²) >= 11 is 0. The van der Waals surface area contributed by atoms with E-state index in [1.807, 2.05) is 7.85 Å². The van der Waals surface area contributed by atoms with Crippen LogP contribution in [0.5, 0.6) is 0 Å². The third kappa shape index (κ3) is 5.48. The summed E-state index contributed by atoms with van der Waals surface area (Å²) < 4.78 is 37.8. The molecule has 0 aliphatic carbocycles. The van der Waals surface area contributed by atoms with Gasteiger partial charge < -0.3 is 15.7 Å². The molecule has 3 N–H and O–H groups in total. The number of nitrogens with two attached hydrogens (primary N) is 1. The van der Waals surface area contributed by atoms with Crippen LogP contribution >= 0.6 is 0 Å². The van der Waals surface area contributed by atoms with Crippen LogP contribution in [0.4, 0.5) is 13.2 Å². The summed E-state index contributed by atoms with van der Waals surface area (Å²) in [5, 5.41) is 9.39. The van der Waals surface area contributed by atoms with Gasteiger partial charge in [-0.3, -0.25) is 9.59 Å². The fraction of sp³-hybridized carbons (Fsp3) is 0.556. The van der Waals surface area contributed by atoms with E-state index in [9.17, 15) is 27.9 Å². The highest BCUT2D eigenvalue weighted by atomic mass is 19.4. The molecule has 2 rings (SSSR count). The molecule has 1 aromatic rings. The van der Waals surface area contributed by atoms with Gasteiger partial charge in [0, 0.05) is 13.1 Å². The molecule has 9 heteroatoms. The van der Waals surface area contributed by atoms with Gasteiger partial charge in [0.15, 0.2) is 0 Å². The van der Waals surface area contributed by atoms with Crippen molar-refractivity contribution >= 4 is 19.7 Å². The molecule has 5 nitrogen and oxygen atoms in total. The molecule has 1 saturated heterocycles. The number of carbonyl (C=O) groups excluding carboxylic acids is 1. The van der Waals surface area contributed by atoms with Crippen molar-refractivity contribution in [1.82, 2.24) is 4.90 Å². The van der Waals surface area contributed by atoms with Crippen molar-refractivity contribution in [2.45, 2.75) is 37.8 Å². The first kappa shape index (κ1) is 21.3. The van der Waals surface area contributed by atoms with Crippen LogP contribution in [-0.2, 0) is 22.2 Å². The van der Waals surface area contributed by atoms with Gasteiger partial charge in [0.2, 0.25) is 5.91 Å². The molecular weight excluding hydrogens is 360 g/mol. The highest BCUT2D eigenvalue weighted by Crippen LogP contribution is 2.30. The van der Waals surface area contributed by atoms with E-state index >= 15 is 0 Å². The second-order valence-corrected chi connectivity index (χ2v) is 7.10. The molecule has 0 spiro atoms.